The summed E-state index contributed by atoms with van der Waals surface area (Å²) >= 11 is 0. The number of nitrogens with zero attached hydrogens (tertiary/aromatic N) is 2. The average Bonchev–Trinajstić information content (AvgIpc) is 2.61. The first-order valence-corrected chi connectivity index (χ1v) is 8.92. The second-order valence-electron chi connectivity index (χ2n) is 7.63. The Morgan fingerprint density at radius 3 is 2.81 bits per heavy atom. The summed E-state index contributed by atoms with van der Waals surface area (Å²) in [5, 5.41) is 0. The molecule has 26 heavy (non-hydrogen) atoms. The molecule has 1 atom stereocenters. The highest BCUT2D eigenvalue weighted by molar-refractivity contribution is 5.68. The second kappa shape index (κ2) is 7.46. The first-order valence-electron chi connectivity index (χ1n) is 8.92. The van der Waals surface area contributed by atoms with Gasteiger partial charge in [0.1, 0.15) is 11.7 Å². The van der Waals surface area contributed by atoms with E-state index in [1.165, 1.54) is 5.56 Å². The number of carbonyl (C=O) groups is 1. The van der Waals surface area contributed by atoms with Gasteiger partial charge in [-0.05, 0) is 55.5 Å². The standard InChI is InChI=1S/C21H26N2O3/c1-21(2,3)26-20(24)23(4)14-19-18-8-7-15(12-16(18)9-11-25-19)17-6-5-10-22-13-17/h5-8,10,12-13,19H,9,11,14H2,1-4H3. The smallest absolute Gasteiger partial charge is 0.410 e. The number of ether oxygens (including phenoxy) is 2. The van der Waals surface area contributed by atoms with Gasteiger partial charge in [0, 0.05) is 19.4 Å². The monoisotopic (exact) mass is 354 g/mol. The number of likely N-dealkylation sites (N-methyl/N-ethyl adjacent to an activating group) is 1. The molecule has 1 amide bonds. The Bertz CT molecular complexity index is 769. The Morgan fingerprint density at radius 2 is 2.12 bits per heavy atom. The lowest BCUT2D eigenvalue weighted by Crippen LogP contribution is -2.37. The molecule has 1 unspecified atom stereocenters. The molecule has 2 heterocycles. The van der Waals surface area contributed by atoms with Crippen molar-refractivity contribution in [2.45, 2.75) is 38.9 Å². The van der Waals surface area contributed by atoms with Gasteiger partial charge >= 0.3 is 6.09 Å². The van der Waals surface area contributed by atoms with E-state index in [-0.39, 0.29) is 12.2 Å². The molecule has 1 aliphatic rings. The fourth-order valence-corrected chi connectivity index (χ4v) is 3.06. The molecule has 1 aliphatic heterocycles. The summed E-state index contributed by atoms with van der Waals surface area (Å²) in [6.07, 6.45) is 4.04. The molecular weight excluding hydrogens is 328 g/mol. The van der Waals surface area contributed by atoms with E-state index in [2.05, 4.69) is 29.2 Å². The van der Waals surface area contributed by atoms with Gasteiger partial charge in [-0.1, -0.05) is 24.3 Å². The lowest BCUT2D eigenvalue weighted by Gasteiger charge is -2.31. The number of hydrogen-bond donors (Lipinski definition) is 0. The number of carbonyl (C=O) groups excluding carboxylic acids is 1. The van der Waals surface area contributed by atoms with Crippen LogP contribution in [0.15, 0.2) is 42.7 Å². The molecule has 5 nitrogen and oxygen atoms in total. The van der Waals surface area contributed by atoms with E-state index in [0.29, 0.717) is 13.2 Å². The largest absolute Gasteiger partial charge is 0.444 e. The molecule has 2 aromatic rings. The lowest BCUT2D eigenvalue weighted by molar-refractivity contribution is -0.00163. The van der Waals surface area contributed by atoms with Crippen LogP contribution in [0.4, 0.5) is 4.79 Å². The Morgan fingerprint density at radius 1 is 1.31 bits per heavy atom. The van der Waals surface area contributed by atoms with Crippen molar-refractivity contribution in [2.24, 2.45) is 0 Å². The molecule has 5 heteroatoms. The molecule has 0 N–H and O–H groups in total. The molecule has 138 valence electrons. The van der Waals surface area contributed by atoms with Gasteiger partial charge in [-0.25, -0.2) is 4.79 Å². The zero-order valence-electron chi connectivity index (χ0n) is 15.9. The molecule has 0 bridgehead atoms. The van der Waals surface area contributed by atoms with Crippen molar-refractivity contribution in [3.8, 4) is 11.1 Å². The van der Waals surface area contributed by atoms with Crippen molar-refractivity contribution in [3.05, 3.63) is 53.9 Å². The van der Waals surface area contributed by atoms with Crippen molar-refractivity contribution < 1.29 is 14.3 Å². The highest BCUT2D eigenvalue weighted by Crippen LogP contribution is 2.31. The summed E-state index contributed by atoms with van der Waals surface area (Å²) in [6, 6.07) is 10.4. The zero-order valence-corrected chi connectivity index (χ0v) is 15.9. The van der Waals surface area contributed by atoms with E-state index >= 15 is 0 Å². The minimum atomic E-state index is -0.505. The predicted molar refractivity (Wildman–Crippen MR) is 101 cm³/mol. The van der Waals surface area contributed by atoms with Gasteiger partial charge in [-0.2, -0.15) is 0 Å². The molecule has 1 aromatic carbocycles. The fraction of sp³-hybridized carbons (Fsp3) is 0.429. The van der Waals surface area contributed by atoms with Crippen LogP contribution < -0.4 is 0 Å². The first-order chi connectivity index (χ1) is 12.3. The predicted octanol–water partition coefficient (Wildman–Crippen LogP) is 4.23. The quantitative estimate of drug-likeness (QED) is 0.828. The first kappa shape index (κ1) is 18.4. The number of aromatic nitrogens is 1. The molecular formula is C21H26N2O3. The molecule has 3 rings (SSSR count). The van der Waals surface area contributed by atoms with Crippen LogP contribution in [0.3, 0.4) is 0 Å². The maximum absolute atomic E-state index is 12.2. The Balaban J connectivity index is 1.76. The summed E-state index contributed by atoms with van der Waals surface area (Å²) in [4.78, 5) is 18.0. The SMILES string of the molecule is CN(CC1OCCc2cc(-c3cccnc3)ccc21)C(=O)OC(C)(C)C. The number of fused-ring (bicyclic) bond motifs is 1. The molecule has 0 aliphatic carbocycles. The van der Waals surface area contributed by atoms with Gasteiger partial charge in [-0.3, -0.25) is 4.98 Å². The summed E-state index contributed by atoms with van der Waals surface area (Å²) in [5.74, 6) is 0. The van der Waals surface area contributed by atoms with E-state index < -0.39 is 5.60 Å². The highest BCUT2D eigenvalue weighted by atomic mass is 16.6. The Hall–Kier alpha value is -2.40. The summed E-state index contributed by atoms with van der Waals surface area (Å²) in [5.41, 5.74) is 4.15. The van der Waals surface area contributed by atoms with Gasteiger partial charge in [0.25, 0.3) is 0 Å². The van der Waals surface area contributed by atoms with Crippen molar-refractivity contribution in [1.29, 1.82) is 0 Å². The van der Waals surface area contributed by atoms with Crippen LogP contribution in [-0.2, 0) is 15.9 Å². The second-order valence-corrected chi connectivity index (χ2v) is 7.63. The third-order valence-corrected chi connectivity index (χ3v) is 4.32. The zero-order chi connectivity index (χ0) is 18.7. The number of rotatable bonds is 3. The normalized spacial score (nSPS) is 16.7. The van der Waals surface area contributed by atoms with Crippen molar-refractivity contribution >= 4 is 6.09 Å². The number of pyridine rings is 1. The number of hydrogen-bond acceptors (Lipinski definition) is 4. The van der Waals surface area contributed by atoms with E-state index in [1.807, 2.05) is 33.0 Å². The van der Waals surface area contributed by atoms with Crippen molar-refractivity contribution in [3.63, 3.8) is 0 Å². The van der Waals surface area contributed by atoms with Crippen LogP contribution in [0.25, 0.3) is 11.1 Å². The number of benzene rings is 1. The molecule has 1 aromatic heterocycles. The van der Waals surface area contributed by atoms with Crippen molar-refractivity contribution in [2.75, 3.05) is 20.2 Å². The third kappa shape index (κ3) is 4.41. The third-order valence-electron chi connectivity index (χ3n) is 4.32. The van der Waals surface area contributed by atoms with Crippen LogP contribution in [0.2, 0.25) is 0 Å². The van der Waals surface area contributed by atoms with Gasteiger partial charge in [0.2, 0.25) is 0 Å². The van der Waals surface area contributed by atoms with Crippen LogP contribution in [-0.4, -0.2) is 41.8 Å². The maximum atomic E-state index is 12.2. The molecule has 0 radical (unpaired) electrons. The van der Waals surface area contributed by atoms with Gasteiger partial charge < -0.3 is 14.4 Å². The van der Waals surface area contributed by atoms with Crippen LogP contribution in [0.5, 0.6) is 0 Å². The number of amides is 1. The molecule has 0 saturated carbocycles. The van der Waals surface area contributed by atoms with Crippen LogP contribution in [0.1, 0.15) is 38.0 Å². The van der Waals surface area contributed by atoms with E-state index in [1.54, 1.807) is 18.1 Å². The highest BCUT2D eigenvalue weighted by Gasteiger charge is 2.26. The Kier molecular flexibility index (Phi) is 5.28. The summed E-state index contributed by atoms with van der Waals surface area (Å²) in [6.45, 7) is 6.71. The molecule has 0 saturated heterocycles. The van der Waals surface area contributed by atoms with E-state index in [9.17, 15) is 4.79 Å². The molecule has 0 spiro atoms. The Labute approximate surface area is 155 Å². The summed E-state index contributed by atoms with van der Waals surface area (Å²) in [7, 11) is 1.75. The van der Waals surface area contributed by atoms with Gasteiger partial charge in [0.15, 0.2) is 0 Å². The maximum Gasteiger partial charge on any atom is 0.410 e. The van der Waals surface area contributed by atoms with Crippen LogP contribution in [0, 0.1) is 0 Å². The molecule has 0 fully saturated rings. The average molecular weight is 354 g/mol. The topological polar surface area (TPSA) is 51.7 Å². The van der Waals surface area contributed by atoms with E-state index in [4.69, 9.17) is 9.47 Å². The summed E-state index contributed by atoms with van der Waals surface area (Å²) < 4.78 is 11.4. The minimum Gasteiger partial charge on any atom is -0.444 e. The lowest BCUT2D eigenvalue weighted by atomic mass is 9.93. The van der Waals surface area contributed by atoms with Crippen molar-refractivity contribution in [1.82, 2.24) is 9.88 Å². The van der Waals surface area contributed by atoms with Gasteiger partial charge in [-0.15, -0.1) is 0 Å². The minimum absolute atomic E-state index is 0.140. The van der Waals surface area contributed by atoms with E-state index in [0.717, 1.165) is 23.1 Å². The van der Waals surface area contributed by atoms with Gasteiger partial charge in [0.05, 0.1) is 13.2 Å². The van der Waals surface area contributed by atoms with Crippen LogP contribution >= 0.6 is 0 Å². The fourth-order valence-electron chi connectivity index (χ4n) is 3.06.